The minimum Gasteiger partial charge on any atom is -0.494 e. The largest absolute Gasteiger partial charge is 0.494 e. The van der Waals surface area contributed by atoms with Crippen molar-refractivity contribution in [3.63, 3.8) is 0 Å². The van der Waals surface area contributed by atoms with Gasteiger partial charge in [-0.25, -0.2) is 4.68 Å². The number of hydrogen-bond acceptors (Lipinski definition) is 6. The Balaban J connectivity index is 1.65. The maximum Gasteiger partial charge on any atom is 0.234 e. The molecule has 2 aromatic carbocycles. The summed E-state index contributed by atoms with van der Waals surface area (Å²) in [6.07, 6.45) is 0. The maximum absolute atomic E-state index is 12.2. The smallest absolute Gasteiger partial charge is 0.234 e. The highest BCUT2D eigenvalue weighted by molar-refractivity contribution is 7.99. The first-order chi connectivity index (χ1) is 13.1. The lowest BCUT2D eigenvalue weighted by Gasteiger charge is -2.07. The number of carbonyl (C=O) groups excluding carboxylic acids is 1. The summed E-state index contributed by atoms with van der Waals surface area (Å²) in [6.45, 7) is 4.48. The number of aromatic nitrogens is 3. The number of nitrogens with one attached hydrogen (secondary N) is 1. The first-order valence-corrected chi connectivity index (χ1v) is 9.48. The highest BCUT2D eigenvalue weighted by atomic mass is 32.2. The molecule has 0 aliphatic carbocycles. The van der Waals surface area contributed by atoms with Crippen molar-refractivity contribution in [2.75, 3.05) is 23.5 Å². The van der Waals surface area contributed by atoms with Crippen LogP contribution in [0.2, 0.25) is 0 Å². The molecule has 0 bridgehead atoms. The van der Waals surface area contributed by atoms with Gasteiger partial charge in [0, 0.05) is 11.3 Å². The molecular formula is C19H21N5O2S. The number of anilines is 1. The van der Waals surface area contributed by atoms with Gasteiger partial charge in [-0.2, -0.15) is 0 Å². The topological polar surface area (TPSA) is 95.1 Å². The van der Waals surface area contributed by atoms with Gasteiger partial charge in [-0.05, 0) is 43.7 Å². The summed E-state index contributed by atoms with van der Waals surface area (Å²) >= 11 is 1.23. The van der Waals surface area contributed by atoms with Gasteiger partial charge in [0.15, 0.2) is 5.82 Å². The molecule has 1 amide bonds. The van der Waals surface area contributed by atoms with Gasteiger partial charge >= 0.3 is 0 Å². The van der Waals surface area contributed by atoms with Crippen LogP contribution < -0.4 is 15.9 Å². The minimum atomic E-state index is -0.131. The summed E-state index contributed by atoms with van der Waals surface area (Å²) in [4.78, 5) is 12.2. The Kier molecular flexibility index (Phi) is 5.97. The van der Waals surface area contributed by atoms with Gasteiger partial charge in [0.05, 0.1) is 12.4 Å². The molecule has 3 rings (SSSR count). The van der Waals surface area contributed by atoms with Crippen molar-refractivity contribution < 1.29 is 9.53 Å². The second-order valence-electron chi connectivity index (χ2n) is 5.84. The zero-order chi connectivity index (χ0) is 19.2. The highest BCUT2D eigenvalue weighted by Crippen LogP contribution is 2.25. The number of carbonyl (C=O) groups is 1. The van der Waals surface area contributed by atoms with Crippen LogP contribution in [0.3, 0.4) is 0 Å². The quantitative estimate of drug-likeness (QED) is 0.481. The first-order valence-electron chi connectivity index (χ1n) is 8.50. The predicted octanol–water partition coefficient (Wildman–Crippen LogP) is 3.10. The zero-order valence-corrected chi connectivity index (χ0v) is 16.0. The van der Waals surface area contributed by atoms with E-state index in [1.807, 2.05) is 62.4 Å². The summed E-state index contributed by atoms with van der Waals surface area (Å²) in [7, 11) is 0. The molecule has 0 aliphatic rings. The van der Waals surface area contributed by atoms with Crippen LogP contribution in [0.25, 0.3) is 11.4 Å². The molecule has 0 saturated heterocycles. The third-order valence-electron chi connectivity index (χ3n) is 3.70. The summed E-state index contributed by atoms with van der Waals surface area (Å²) in [5.74, 6) is 7.42. The normalized spacial score (nSPS) is 10.6. The van der Waals surface area contributed by atoms with Gasteiger partial charge in [0.1, 0.15) is 5.75 Å². The van der Waals surface area contributed by atoms with E-state index in [-0.39, 0.29) is 11.7 Å². The number of rotatable bonds is 7. The van der Waals surface area contributed by atoms with E-state index in [1.54, 1.807) is 0 Å². The lowest BCUT2D eigenvalue weighted by molar-refractivity contribution is -0.113. The number of nitrogens with zero attached hydrogens (tertiary/aromatic N) is 3. The van der Waals surface area contributed by atoms with Gasteiger partial charge in [-0.1, -0.05) is 36.0 Å². The molecule has 0 unspecified atom stereocenters. The van der Waals surface area contributed by atoms with Gasteiger partial charge < -0.3 is 15.9 Å². The van der Waals surface area contributed by atoms with Gasteiger partial charge in [0.25, 0.3) is 0 Å². The fraction of sp³-hybridized carbons (Fsp3) is 0.211. The molecule has 140 valence electrons. The van der Waals surface area contributed by atoms with Crippen molar-refractivity contribution in [1.82, 2.24) is 14.9 Å². The van der Waals surface area contributed by atoms with Crippen LogP contribution in [-0.2, 0) is 4.79 Å². The average Bonchev–Trinajstić information content (AvgIpc) is 3.01. The average molecular weight is 383 g/mol. The molecule has 0 spiro atoms. The molecule has 3 aromatic rings. The Bertz CT molecular complexity index is 941. The summed E-state index contributed by atoms with van der Waals surface area (Å²) in [5, 5.41) is 11.6. The number of hydrogen-bond donors (Lipinski definition) is 2. The summed E-state index contributed by atoms with van der Waals surface area (Å²) in [6, 6.07) is 15.1. The molecule has 0 aliphatic heterocycles. The number of aryl methyl sites for hydroxylation is 1. The molecule has 8 heteroatoms. The number of nitrogens with two attached hydrogens (primary N) is 1. The fourth-order valence-corrected chi connectivity index (χ4v) is 3.17. The van der Waals surface area contributed by atoms with Crippen LogP contribution in [0, 0.1) is 6.92 Å². The summed E-state index contributed by atoms with van der Waals surface area (Å²) in [5.41, 5.74) is 2.65. The van der Waals surface area contributed by atoms with Crippen molar-refractivity contribution in [2.24, 2.45) is 0 Å². The third-order valence-corrected chi connectivity index (χ3v) is 4.65. The Labute approximate surface area is 161 Å². The first kappa shape index (κ1) is 18.8. The van der Waals surface area contributed by atoms with Crippen LogP contribution in [0.15, 0.2) is 53.7 Å². The number of ether oxygens (including phenoxy) is 1. The molecule has 0 fully saturated rings. The summed E-state index contributed by atoms with van der Waals surface area (Å²) < 4.78 is 6.89. The van der Waals surface area contributed by atoms with Crippen molar-refractivity contribution in [1.29, 1.82) is 0 Å². The fourth-order valence-electron chi connectivity index (χ4n) is 2.51. The van der Waals surface area contributed by atoms with E-state index >= 15 is 0 Å². The number of thioether (sulfide) groups is 1. The van der Waals surface area contributed by atoms with Crippen LogP contribution in [0.5, 0.6) is 5.75 Å². The minimum absolute atomic E-state index is 0.131. The standard InChI is InChI=1S/C19H21N5O2S/c1-3-26-16-9-5-7-14(11-16)18-22-23-19(24(18)20)27-12-17(25)21-15-8-4-6-13(2)10-15/h4-11H,3,12,20H2,1-2H3,(H,21,25). The molecule has 0 radical (unpaired) electrons. The molecule has 0 saturated carbocycles. The lowest BCUT2D eigenvalue weighted by atomic mass is 10.2. The Hall–Kier alpha value is -3.00. The SMILES string of the molecule is CCOc1cccc(-c2nnc(SCC(=O)Nc3cccc(C)c3)n2N)c1. The van der Waals surface area contributed by atoms with Crippen LogP contribution in [0.1, 0.15) is 12.5 Å². The molecule has 27 heavy (non-hydrogen) atoms. The second kappa shape index (κ2) is 8.59. The molecular weight excluding hydrogens is 362 g/mol. The monoisotopic (exact) mass is 383 g/mol. The molecule has 7 nitrogen and oxygen atoms in total. The maximum atomic E-state index is 12.2. The number of nitrogen functional groups attached to an aromatic ring is 1. The van der Waals surface area contributed by atoms with Crippen molar-refractivity contribution in [3.05, 3.63) is 54.1 Å². The van der Waals surface area contributed by atoms with Crippen LogP contribution >= 0.6 is 11.8 Å². The van der Waals surface area contributed by atoms with Crippen molar-refractivity contribution in [2.45, 2.75) is 19.0 Å². The van der Waals surface area contributed by atoms with Crippen molar-refractivity contribution in [3.8, 4) is 17.1 Å². The zero-order valence-electron chi connectivity index (χ0n) is 15.2. The Morgan fingerprint density at radius 2 is 2.04 bits per heavy atom. The molecule has 3 N–H and O–H groups in total. The van der Waals surface area contributed by atoms with Crippen LogP contribution in [0.4, 0.5) is 5.69 Å². The lowest BCUT2D eigenvalue weighted by Crippen LogP contribution is -2.16. The number of amides is 1. The van der Waals surface area contributed by atoms with E-state index in [2.05, 4.69) is 15.5 Å². The molecule has 1 heterocycles. The van der Waals surface area contributed by atoms with E-state index in [0.717, 1.165) is 22.6 Å². The van der Waals surface area contributed by atoms with Gasteiger partial charge in [0.2, 0.25) is 11.1 Å². The Morgan fingerprint density at radius 1 is 1.22 bits per heavy atom. The second-order valence-corrected chi connectivity index (χ2v) is 6.79. The van der Waals surface area contributed by atoms with E-state index in [4.69, 9.17) is 10.6 Å². The van der Waals surface area contributed by atoms with E-state index in [0.29, 0.717) is 17.6 Å². The predicted molar refractivity (Wildman–Crippen MR) is 107 cm³/mol. The van der Waals surface area contributed by atoms with Gasteiger partial charge in [-0.3, -0.25) is 4.79 Å². The third kappa shape index (κ3) is 4.79. The van der Waals surface area contributed by atoms with E-state index in [9.17, 15) is 4.79 Å². The highest BCUT2D eigenvalue weighted by Gasteiger charge is 2.14. The van der Waals surface area contributed by atoms with Crippen LogP contribution in [-0.4, -0.2) is 33.1 Å². The van der Waals surface area contributed by atoms with E-state index < -0.39 is 0 Å². The molecule has 1 aromatic heterocycles. The van der Waals surface area contributed by atoms with E-state index in [1.165, 1.54) is 16.4 Å². The Morgan fingerprint density at radius 3 is 2.81 bits per heavy atom. The van der Waals surface area contributed by atoms with Crippen molar-refractivity contribution >= 4 is 23.4 Å². The molecule has 0 atom stereocenters. The van der Waals surface area contributed by atoms with Gasteiger partial charge in [-0.15, -0.1) is 10.2 Å². The number of benzene rings is 2.